The minimum absolute atomic E-state index is 0.0185. The summed E-state index contributed by atoms with van der Waals surface area (Å²) in [5.74, 6) is -0.377. The summed E-state index contributed by atoms with van der Waals surface area (Å²) in [5.41, 5.74) is 3.84. The molecule has 2 aliphatic carbocycles. The highest BCUT2D eigenvalue weighted by Gasteiger charge is 2.47. The molecule has 3 atom stereocenters. The quantitative estimate of drug-likeness (QED) is 0.495. The van der Waals surface area contributed by atoms with Crippen LogP contribution in [0.15, 0.2) is 40.5 Å². The number of amides is 1. The molecule has 0 N–H and O–H groups in total. The minimum atomic E-state index is -0.677. The summed E-state index contributed by atoms with van der Waals surface area (Å²) in [6.07, 6.45) is 1.97. The second-order valence-corrected chi connectivity index (χ2v) is 11.9. The molecule has 2 heterocycles. The van der Waals surface area contributed by atoms with Gasteiger partial charge in [-0.25, -0.2) is 0 Å². The van der Waals surface area contributed by atoms with E-state index < -0.39 is 11.5 Å². The number of carbonyl (C=O) groups excluding carboxylic acids is 4. The second kappa shape index (κ2) is 8.31. The van der Waals surface area contributed by atoms with E-state index in [1.807, 2.05) is 32.9 Å². The standard InChI is InChI=1S/C32H33NO5/c1-15-11-17(3)23(12-16(15)2)29(35)26-19(5)28(34)22-8-7-20-13-21-14-32(6)33(9-10-38-32)31(37)25(21)18(4)24(20)27(22)30(26)36/h7-8,13,15-16H,9-12,14H2,1-6H3. The fourth-order valence-electron chi connectivity index (χ4n) is 7.08. The normalized spacial score (nSPS) is 27.2. The van der Waals surface area contributed by atoms with Crippen molar-refractivity contribution in [2.45, 2.75) is 66.5 Å². The number of allylic oxidation sites excluding steroid dienone is 4. The SMILES string of the molecule is CC1=C(C(=O)C2=C(C)C(=O)c3ccc4cc5c(c(C)c4c3C2=O)C(=O)N2CCOC2(C)C5)CC(C)C(C)C1. The van der Waals surface area contributed by atoms with E-state index in [0.717, 1.165) is 22.9 Å². The molecule has 1 fully saturated rings. The average Bonchev–Trinajstić information content (AvgIpc) is 3.25. The van der Waals surface area contributed by atoms with Gasteiger partial charge >= 0.3 is 0 Å². The molecule has 1 amide bonds. The summed E-state index contributed by atoms with van der Waals surface area (Å²) in [4.78, 5) is 57.1. The van der Waals surface area contributed by atoms with Crippen molar-refractivity contribution in [1.82, 2.24) is 4.90 Å². The first-order valence-electron chi connectivity index (χ1n) is 13.5. The number of aryl methyl sites for hydroxylation is 1. The van der Waals surface area contributed by atoms with E-state index in [2.05, 4.69) is 13.8 Å². The average molecular weight is 512 g/mol. The number of hydrogen-bond acceptors (Lipinski definition) is 5. The summed E-state index contributed by atoms with van der Waals surface area (Å²) in [6, 6.07) is 5.48. The van der Waals surface area contributed by atoms with E-state index in [1.54, 1.807) is 17.9 Å². The Kier molecular flexibility index (Phi) is 5.45. The zero-order valence-corrected chi connectivity index (χ0v) is 22.9. The number of hydrogen-bond donors (Lipinski definition) is 0. The predicted octanol–water partition coefficient (Wildman–Crippen LogP) is 5.54. The van der Waals surface area contributed by atoms with Gasteiger partial charge in [0.15, 0.2) is 17.3 Å². The maximum atomic E-state index is 14.2. The number of rotatable bonds is 2. The van der Waals surface area contributed by atoms with Gasteiger partial charge in [-0.1, -0.05) is 31.6 Å². The van der Waals surface area contributed by atoms with Crippen LogP contribution in [0.4, 0.5) is 0 Å². The first-order valence-corrected chi connectivity index (χ1v) is 13.5. The lowest BCUT2D eigenvalue weighted by atomic mass is 9.73. The second-order valence-electron chi connectivity index (χ2n) is 11.9. The summed E-state index contributed by atoms with van der Waals surface area (Å²) in [6.45, 7) is 12.6. The third kappa shape index (κ3) is 3.29. The van der Waals surface area contributed by atoms with Gasteiger partial charge in [0.05, 0.1) is 12.2 Å². The van der Waals surface area contributed by atoms with Crippen molar-refractivity contribution in [3.05, 3.63) is 68.3 Å². The Bertz CT molecular complexity index is 1570. The van der Waals surface area contributed by atoms with Gasteiger partial charge in [0, 0.05) is 35.2 Å². The van der Waals surface area contributed by atoms with Crippen LogP contribution < -0.4 is 0 Å². The Labute approximate surface area is 222 Å². The fourth-order valence-corrected chi connectivity index (χ4v) is 7.08. The molecule has 1 saturated heterocycles. The highest BCUT2D eigenvalue weighted by molar-refractivity contribution is 6.41. The topological polar surface area (TPSA) is 80.8 Å². The van der Waals surface area contributed by atoms with Crippen molar-refractivity contribution in [2.24, 2.45) is 11.8 Å². The Balaban J connectivity index is 1.54. The highest BCUT2D eigenvalue weighted by atomic mass is 16.5. The summed E-state index contributed by atoms with van der Waals surface area (Å²) in [7, 11) is 0. The molecule has 2 aliphatic heterocycles. The van der Waals surface area contributed by atoms with Crippen LogP contribution in [-0.4, -0.2) is 47.0 Å². The number of carbonyl (C=O) groups is 4. The van der Waals surface area contributed by atoms with Crippen molar-refractivity contribution in [3.63, 3.8) is 0 Å². The number of ketones is 3. The van der Waals surface area contributed by atoms with Gasteiger partial charge in [-0.3, -0.25) is 19.2 Å². The molecule has 0 aromatic heterocycles. The summed E-state index contributed by atoms with van der Waals surface area (Å²) < 4.78 is 5.94. The molecule has 3 unspecified atom stereocenters. The lowest BCUT2D eigenvalue weighted by Crippen LogP contribution is -2.51. The molecule has 38 heavy (non-hydrogen) atoms. The van der Waals surface area contributed by atoms with E-state index in [4.69, 9.17) is 4.74 Å². The fraction of sp³-hybridized carbons (Fsp3) is 0.438. The maximum absolute atomic E-state index is 14.2. The Hall–Kier alpha value is -3.38. The largest absolute Gasteiger partial charge is 0.354 e. The molecule has 196 valence electrons. The molecule has 2 aromatic rings. The predicted molar refractivity (Wildman–Crippen MR) is 144 cm³/mol. The molecule has 0 saturated carbocycles. The van der Waals surface area contributed by atoms with Gasteiger partial charge in [-0.05, 0) is 85.9 Å². The van der Waals surface area contributed by atoms with E-state index >= 15 is 0 Å². The smallest absolute Gasteiger partial charge is 0.256 e. The summed E-state index contributed by atoms with van der Waals surface area (Å²) in [5, 5.41) is 1.37. The third-order valence-corrected chi connectivity index (χ3v) is 9.47. The minimum Gasteiger partial charge on any atom is -0.354 e. The number of nitrogens with zero attached hydrogens (tertiary/aromatic N) is 1. The van der Waals surface area contributed by atoms with Crippen LogP contribution in [0.2, 0.25) is 0 Å². The monoisotopic (exact) mass is 511 g/mol. The molecule has 6 rings (SSSR count). The van der Waals surface area contributed by atoms with Crippen molar-refractivity contribution >= 4 is 34.0 Å². The number of Topliss-reactive ketones (excluding diaryl/α,β-unsaturated/α-hetero) is 3. The number of ether oxygens (including phenoxy) is 1. The maximum Gasteiger partial charge on any atom is 0.256 e. The number of fused-ring (bicyclic) bond motifs is 5. The molecule has 0 spiro atoms. The van der Waals surface area contributed by atoms with Crippen LogP contribution in [0, 0.1) is 18.8 Å². The number of benzene rings is 2. The van der Waals surface area contributed by atoms with E-state index in [0.29, 0.717) is 65.5 Å². The Morgan fingerprint density at radius 3 is 2.45 bits per heavy atom. The van der Waals surface area contributed by atoms with Crippen molar-refractivity contribution in [3.8, 4) is 0 Å². The molecular weight excluding hydrogens is 478 g/mol. The molecular formula is C32H33NO5. The van der Waals surface area contributed by atoms with E-state index in [-0.39, 0.29) is 34.2 Å². The van der Waals surface area contributed by atoms with Gasteiger partial charge in [0.25, 0.3) is 5.91 Å². The van der Waals surface area contributed by atoms with Gasteiger partial charge in [-0.15, -0.1) is 0 Å². The Morgan fingerprint density at radius 2 is 1.71 bits per heavy atom. The molecule has 2 aromatic carbocycles. The zero-order chi connectivity index (χ0) is 27.3. The van der Waals surface area contributed by atoms with Gasteiger partial charge < -0.3 is 9.64 Å². The third-order valence-electron chi connectivity index (χ3n) is 9.47. The molecule has 0 radical (unpaired) electrons. The van der Waals surface area contributed by atoms with Crippen LogP contribution >= 0.6 is 0 Å². The first-order chi connectivity index (χ1) is 17.9. The van der Waals surface area contributed by atoms with E-state index in [1.165, 1.54) is 0 Å². The molecule has 6 nitrogen and oxygen atoms in total. The van der Waals surface area contributed by atoms with Crippen LogP contribution in [0.3, 0.4) is 0 Å². The lowest BCUT2D eigenvalue weighted by molar-refractivity contribution is -0.112. The first kappa shape index (κ1) is 24.9. The van der Waals surface area contributed by atoms with E-state index in [9.17, 15) is 19.2 Å². The van der Waals surface area contributed by atoms with Crippen molar-refractivity contribution < 1.29 is 23.9 Å². The zero-order valence-electron chi connectivity index (χ0n) is 22.9. The van der Waals surface area contributed by atoms with Gasteiger partial charge in [0.2, 0.25) is 0 Å². The lowest BCUT2D eigenvalue weighted by Gasteiger charge is -2.39. The van der Waals surface area contributed by atoms with Crippen LogP contribution in [-0.2, 0) is 16.0 Å². The molecule has 4 aliphatic rings. The molecule has 6 heteroatoms. The van der Waals surface area contributed by atoms with Crippen LogP contribution in [0.1, 0.15) is 89.7 Å². The van der Waals surface area contributed by atoms with Crippen molar-refractivity contribution in [1.29, 1.82) is 0 Å². The van der Waals surface area contributed by atoms with Crippen molar-refractivity contribution in [2.75, 3.05) is 13.2 Å². The van der Waals surface area contributed by atoms with Gasteiger partial charge in [-0.2, -0.15) is 0 Å². The summed E-state index contributed by atoms with van der Waals surface area (Å²) >= 11 is 0. The van der Waals surface area contributed by atoms with Crippen LogP contribution in [0.25, 0.3) is 10.8 Å². The van der Waals surface area contributed by atoms with Gasteiger partial charge in [0.1, 0.15) is 5.72 Å². The molecule has 0 bridgehead atoms. The Morgan fingerprint density at radius 1 is 1.00 bits per heavy atom. The van der Waals surface area contributed by atoms with Crippen LogP contribution in [0.5, 0.6) is 0 Å². The highest BCUT2D eigenvalue weighted by Crippen LogP contribution is 2.43.